The van der Waals surface area contributed by atoms with E-state index in [0.29, 0.717) is 6.04 Å². The lowest BCUT2D eigenvalue weighted by Crippen LogP contribution is -2.45. The molecular weight excluding hydrogens is 182 g/mol. The van der Waals surface area contributed by atoms with Crippen LogP contribution in [-0.2, 0) is 0 Å². The molecule has 1 unspecified atom stereocenters. The first-order chi connectivity index (χ1) is 6.15. The molecule has 0 bridgehead atoms. The lowest BCUT2D eigenvalue weighted by Gasteiger charge is -2.28. The van der Waals surface area contributed by atoms with Gasteiger partial charge in [-0.1, -0.05) is 0 Å². The number of likely N-dealkylation sites (N-methyl/N-ethyl adjacent to an activating group) is 1. The van der Waals surface area contributed by atoms with Crippen molar-refractivity contribution >= 4 is 17.3 Å². The van der Waals surface area contributed by atoms with E-state index < -0.39 is 0 Å². The SMILES string of the molecule is CNC(=S)N1CCCC1CN(C)C. The summed E-state index contributed by atoms with van der Waals surface area (Å²) in [6.45, 7) is 2.21. The Hall–Kier alpha value is -0.350. The van der Waals surface area contributed by atoms with Crippen LogP contribution in [0.1, 0.15) is 12.8 Å². The number of likely N-dealkylation sites (tertiary alicyclic amines) is 1. The molecule has 0 saturated carbocycles. The average molecular weight is 201 g/mol. The molecule has 1 fully saturated rings. The highest BCUT2D eigenvalue weighted by atomic mass is 32.1. The maximum Gasteiger partial charge on any atom is 0.168 e. The molecule has 1 atom stereocenters. The summed E-state index contributed by atoms with van der Waals surface area (Å²) in [6, 6.07) is 0.606. The van der Waals surface area contributed by atoms with Crippen molar-refractivity contribution in [1.29, 1.82) is 0 Å². The van der Waals surface area contributed by atoms with E-state index in [4.69, 9.17) is 12.2 Å². The molecule has 1 N–H and O–H groups in total. The molecule has 0 spiro atoms. The second-order valence-corrected chi connectivity index (χ2v) is 4.19. The summed E-state index contributed by atoms with van der Waals surface area (Å²) in [7, 11) is 6.12. The van der Waals surface area contributed by atoms with Crippen molar-refractivity contribution in [3.05, 3.63) is 0 Å². The molecular formula is C9H19N3S. The predicted octanol–water partition coefficient (Wildman–Crippen LogP) is 0.517. The van der Waals surface area contributed by atoms with E-state index in [0.717, 1.165) is 18.2 Å². The second kappa shape index (κ2) is 4.77. The summed E-state index contributed by atoms with van der Waals surface area (Å²) in [6.07, 6.45) is 2.53. The standard InChI is InChI=1S/C9H19N3S/c1-10-9(13)12-6-4-5-8(12)7-11(2)3/h8H,4-7H2,1-3H3,(H,10,13). The molecule has 1 aliphatic heterocycles. The molecule has 0 aromatic carbocycles. The smallest absolute Gasteiger partial charge is 0.168 e. The molecule has 0 aliphatic carbocycles. The molecule has 1 heterocycles. The van der Waals surface area contributed by atoms with E-state index in [-0.39, 0.29) is 0 Å². The number of thiocarbonyl (C=S) groups is 1. The zero-order chi connectivity index (χ0) is 9.84. The fourth-order valence-electron chi connectivity index (χ4n) is 1.86. The minimum Gasteiger partial charge on any atom is -0.366 e. The van der Waals surface area contributed by atoms with Gasteiger partial charge in [-0.2, -0.15) is 0 Å². The molecule has 1 saturated heterocycles. The van der Waals surface area contributed by atoms with Gasteiger partial charge in [-0.3, -0.25) is 0 Å². The highest BCUT2D eigenvalue weighted by Crippen LogP contribution is 2.17. The summed E-state index contributed by atoms with van der Waals surface area (Å²) in [4.78, 5) is 4.52. The van der Waals surface area contributed by atoms with Crippen LogP contribution in [0.4, 0.5) is 0 Å². The number of nitrogens with one attached hydrogen (secondary N) is 1. The Kier molecular flexibility index (Phi) is 3.93. The average Bonchev–Trinajstić information content (AvgIpc) is 2.50. The molecule has 1 aliphatic rings. The molecule has 0 amide bonds. The topological polar surface area (TPSA) is 18.5 Å². The van der Waals surface area contributed by atoms with Gasteiger partial charge in [0.25, 0.3) is 0 Å². The zero-order valence-corrected chi connectivity index (χ0v) is 9.52. The number of nitrogens with zero attached hydrogens (tertiary/aromatic N) is 2. The number of hydrogen-bond acceptors (Lipinski definition) is 2. The van der Waals surface area contributed by atoms with Gasteiger partial charge in [0.05, 0.1) is 0 Å². The van der Waals surface area contributed by atoms with E-state index in [9.17, 15) is 0 Å². The third kappa shape index (κ3) is 2.81. The number of rotatable bonds is 2. The van der Waals surface area contributed by atoms with Crippen LogP contribution in [0.2, 0.25) is 0 Å². The van der Waals surface area contributed by atoms with Gasteiger partial charge in [0, 0.05) is 26.2 Å². The Morgan fingerprint density at radius 1 is 1.62 bits per heavy atom. The van der Waals surface area contributed by atoms with Gasteiger partial charge in [0.1, 0.15) is 0 Å². The van der Waals surface area contributed by atoms with Crippen molar-refractivity contribution < 1.29 is 0 Å². The van der Waals surface area contributed by atoms with Crippen molar-refractivity contribution in [2.24, 2.45) is 0 Å². The van der Waals surface area contributed by atoms with E-state index in [2.05, 4.69) is 29.2 Å². The van der Waals surface area contributed by atoms with Gasteiger partial charge in [-0.05, 0) is 39.2 Å². The molecule has 3 nitrogen and oxygen atoms in total. The van der Waals surface area contributed by atoms with Gasteiger partial charge < -0.3 is 15.1 Å². The summed E-state index contributed by atoms with van der Waals surface area (Å²) in [5, 5.41) is 3.94. The fourth-order valence-corrected chi connectivity index (χ4v) is 2.10. The predicted molar refractivity (Wildman–Crippen MR) is 59.9 cm³/mol. The monoisotopic (exact) mass is 201 g/mol. The summed E-state index contributed by atoms with van der Waals surface area (Å²) < 4.78 is 0. The Balaban J connectivity index is 2.48. The first-order valence-corrected chi connectivity index (χ1v) is 5.19. The molecule has 0 aromatic rings. The molecule has 76 valence electrons. The van der Waals surface area contributed by atoms with Gasteiger partial charge in [-0.15, -0.1) is 0 Å². The Morgan fingerprint density at radius 3 is 2.85 bits per heavy atom. The number of hydrogen-bond donors (Lipinski definition) is 1. The van der Waals surface area contributed by atoms with Crippen LogP contribution in [0.3, 0.4) is 0 Å². The van der Waals surface area contributed by atoms with Crippen LogP contribution in [0.15, 0.2) is 0 Å². The van der Waals surface area contributed by atoms with Crippen LogP contribution < -0.4 is 5.32 Å². The molecule has 1 rings (SSSR count). The Bertz CT molecular complexity index is 182. The van der Waals surface area contributed by atoms with Crippen LogP contribution >= 0.6 is 12.2 Å². The highest BCUT2D eigenvalue weighted by molar-refractivity contribution is 7.80. The van der Waals surface area contributed by atoms with Crippen molar-refractivity contribution in [1.82, 2.24) is 15.1 Å². The van der Waals surface area contributed by atoms with Gasteiger partial charge >= 0.3 is 0 Å². The van der Waals surface area contributed by atoms with Crippen LogP contribution in [-0.4, -0.2) is 55.2 Å². The summed E-state index contributed by atoms with van der Waals surface area (Å²) >= 11 is 5.24. The van der Waals surface area contributed by atoms with Crippen molar-refractivity contribution in [2.45, 2.75) is 18.9 Å². The molecule has 0 radical (unpaired) electrons. The van der Waals surface area contributed by atoms with Crippen LogP contribution in [0.25, 0.3) is 0 Å². The molecule has 0 aromatic heterocycles. The Morgan fingerprint density at radius 2 is 2.31 bits per heavy atom. The van der Waals surface area contributed by atoms with E-state index >= 15 is 0 Å². The molecule has 13 heavy (non-hydrogen) atoms. The van der Waals surface area contributed by atoms with E-state index in [1.165, 1.54) is 12.8 Å². The normalized spacial score (nSPS) is 22.5. The maximum atomic E-state index is 5.24. The Labute approximate surface area is 86.1 Å². The highest BCUT2D eigenvalue weighted by Gasteiger charge is 2.25. The lowest BCUT2D eigenvalue weighted by atomic mass is 10.2. The third-order valence-corrected chi connectivity index (χ3v) is 2.87. The summed E-state index contributed by atoms with van der Waals surface area (Å²) in [5.41, 5.74) is 0. The van der Waals surface area contributed by atoms with E-state index in [1.807, 2.05) is 7.05 Å². The second-order valence-electron chi connectivity index (χ2n) is 3.81. The van der Waals surface area contributed by atoms with Crippen LogP contribution in [0, 0.1) is 0 Å². The fraction of sp³-hybridized carbons (Fsp3) is 0.889. The minimum atomic E-state index is 0.606. The largest absolute Gasteiger partial charge is 0.366 e. The first-order valence-electron chi connectivity index (χ1n) is 4.78. The lowest BCUT2D eigenvalue weighted by molar-refractivity contribution is 0.284. The first kappa shape index (κ1) is 10.7. The third-order valence-electron chi connectivity index (χ3n) is 2.43. The molecule has 4 heteroatoms. The van der Waals surface area contributed by atoms with Gasteiger partial charge in [-0.25, -0.2) is 0 Å². The maximum absolute atomic E-state index is 5.24. The zero-order valence-electron chi connectivity index (χ0n) is 8.71. The van der Waals surface area contributed by atoms with Crippen LogP contribution in [0.5, 0.6) is 0 Å². The van der Waals surface area contributed by atoms with Crippen molar-refractivity contribution in [3.63, 3.8) is 0 Å². The van der Waals surface area contributed by atoms with Gasteiger partial charge in [0.2, 0.25) is 0 Å². The summed E-state index contributed by atoms with van der Waals surface area (Å²) in [5.74, 6) is 0. The minimum absolute atomic E-state index is 0.606. The van der Waals surface area contributed by atoms with Crippen molar-refractivity contribution in [3.8, 4) is 0 Å². The van der Waals surface area contributed by atoms with Gasteiger partial charge in [0.15, 0.2) is 5.11 Å². The van der Waals surface area contributed by atoms with Crippen molar-refractivity contribution in [2.75, 3.05) is 34.2 Å². The van der Waals surface area contributed by atoms with E-state index in [1.54, 1.807) is 0 Å². The quantitative estimate of drug-likeness (QED) is 0.656.